The van der Waals surface area contributed by atoms with Crippen LogP contribution in [0.4, 0.5) is 0 Å². The summed E-state index contributed by atoms with van der Waals surface area (Å²) in [5, 5.41) is 15.0. The van der Waals surface area contributed by atoms with E-state index in [1.807, 2.05) is 44.2 Å². The van der Waals surface area contributed by atoms with Crippen LogP contribution in [0.15, 0.2) is 42.0 Å². The highest BCUT2D eigenvalue weighted by Crippen LogP contribution is 2.23. The monoisotopic (exact) mass is 472 g/mol. The molecule has 0 radical (unpaired) electrons. The van der Waals surface area contributed by atoms with Crippen molar-refractivity contribution in [3.63, 3.8) is 0 Å². The molecule has 1 aromatic rings. The number of rotatable bonds is 11. The molecule has 1 fully saturated rings. The SMILES string of the molecule is C/C(=C\C(C(C)C)N(C)C(=O)CNC=O)C(=O)N1CCC[C@H]1C(=O)N[C@H](CO)c1ccccc1. The fourth-order valence-corrected chi connectivity index (χ4v) is 4.20. The zero-order valence-electron chi connectivity index (χ0n) is 20.4. The van der Waals surface area contributed by atoms with Crippen LogP contribution >= 0.6 is 0 Å². The zero-order chi connectivity index (χ0) is 25.3. The minimum absolute atomic E-state index is 0.0294. The molecule has 0 spiro atoms. The van der Waals surface area contributed by atoms with E-state index in [0.717, 1.165) is 5.56 Å². The number of hydrogen-bond donors (Lipinski definition) is 3. The van der Waals surface area contributed by atoms with Gasteiger partial charge in [-0.2, -0.15) is 0 Å². The minimum atomic E-state index is -0.623. The number of aliphatic hydroxyl groups is 1. The van der Waals surface area contributed by atoms with Crippen molar-refractivity contribution >= 4 is 24.1 Å². The Morgan fingerprint density at radius 1 is 1.24 bits per heavy atom. The molecule has 1 aliphatic heterocycles. The van der Waals surface area contributed by atoms with Gasteiger partial charge >= 0.3 is 0 Å². The first-order valence-electron chi connectivity index (χ1n) is 11.6. The number of aliphatic hydroxyl groups excluding tert-OH is 1. The lowest BCUT2D eigenvalue weighted by Crippen LogP contribution is -2.48. The largest absolute Gasteiger partial charge is 0.394 e. The van der Waals surface area contributed by atoms with Crippen LogP contribution in [0.1, 0.15) is 45.2 Å². The predicted octanol–water partition coefficient (Wildman–Crippen LogP) is 1.00. The number of amides is 4. The van der Waals surface area contributed by atoms with Crippen LogP contribution in [-0.2, 0) is 19.2 Å². The van der Waals surface area contributed by atoms with Crippen LogP contribution < -0.4 is 10.6 Å². The number of hydrogen-bond acceptors (Lipinski definition) is 5. The van der Waals surface area contributed by atoms with Crippen molar-refractivity contribution in [1.29, 1.82) is 0 Å². The molecule has 1 saturated heterocycles. The van der Waals surface area contributed by atoms with Gasteiger partial charge in [0.15, 0.2) is 0 Å². The number of carbonyl (C=O) groups excluding carboxylic acids is 4. The van der Waals surface area contributed by atoms with Gasteiger partial charge in [-0.1, -0.05) is 50.3 Å². The average Bonchev–Trinajstić information content (AvgIpc) is 3.33. The molecule has 9 heteroatoms. The van der Waals surface area contributed by atoms with Gasteiger partial charge < -0.3 is 25.5 Å². The number of likely N-dealkylation sites (N-methyl/N-ethyl adjacent to an activating group) is 1. The lowest BCUT2D eigenvalue weighted by atomic mass is 9.99. The predicted molar refractivity (Wildman–Crippen MR) is 128 cm³/mol. The summed E-state index contributed by atoms with van der Waals surface area (Å²) in [4.78, 5) is 52.2. The Morgan fingerprint density at radius 3 is 2.50 bits per heavy atom. The second-order valence-corrected chi connectivity index (χ2v) is 8.90. The smallest absolute Gasteiger partial charge is 0.249 e. The maximum absolute atomic E-state index is 13.3. The molecule has 1 heterocycles. The maximum atomic E-state index is 13.3. The van der Waals surface area contributed by atoms with Gasteiger partial charge in [0.1, 0.15) is 6.04 Å². The van der Waals surface area contributed by atoms with Gasteiger partial charge in [0.05, 0.1) is 25.2 Å². The lowest BCUT2D eigenvalue weighted by molar-refractivity contribution is -0.136. The Labute approximate surface area is 201 Å². The zero-order valence-corrected chi connectivity index (χ0v) is 20.4. The van der Waals surface area contributed by atoms with Crippen LogP contribution in [0.2, 0.25) is 0 Å². The summed E-state index contributed by atoms with van der Waals surface area (Å²) in [6, 6.07) is 7.68. The summed E-state index contributed by atoms with van der Waals surface area (Å²) in [6.07, 6.45) is 3.47. The molecule has 2 rings (SSSR count). The number of carbonyl (C=O) groups is 4. The van der Waals surface area contributed by atoms with Gasteiger partial charge in [0.25, 0.3) is 0 Å². The Hall–Kier alpha value is -3.20. The van der Waals surface area contributed by atoms with E-state index in [9.17, 15) is 24.3 Å². The van der Waals surface area contributed by atoms with Crippen molar-refractivity contribution in [1.82, 2.24) is 20.4 Å². The average molecular weight is 473 g/mol. The van der Waals surface area contributed by atoms with Crippen LogP contribution in [0.25, 0.3) is 0 Å². The second kappa shape index (κ2) is 12.9. The van der Waals surface area contributed by atoms with Crippen LogP contribution in [0.5, 0.6) is 0 Å². The van der Waals surface area contributed by atoms with E-state index in [1.165, 1.54) is 4.90 Å². The highest BCUT2D eigenvalue weighted by molar-refractivity contribution is 5.97. The molecule has 0 saturated carbocycles. The van der Waals surface area contributed by atoms with Gasteiger partial charge in [-0.3, -0.25) is 19.2 Å². The Morgan fingerprint density at radius 2 is 1.91 bits per heavy atom. The van der Waals surface area contributed by atoms with E-state index < -0.39 is 12.1 Å². The number of nitrogens with zero attached hydrogens (tertiary/aromatic N) is 2. The molecular weight excluding hydrogens is 436 g/mol. The Kier molecular flexibility index (Phi) is 10.2. The quantitative estimate of drug-likeness (QED) is 0.328. The third kappa shape index (κ3) is 6.90. The van der Waals surface area contributed by atoms with Crippen molar-refractivity contribution < 1.29 is 24.3 Å². The lowest BCUT2D eigenvalue weighted by Gasteiger charge is -2.30. The first-order chi connectivity index (χ1) is 16.2. The molecular formula is C25H36N4O5. The van der Waals surface area contributed by atoms with E-state index in [4.69, 9.17) is 0 Å². The fourth-order valence-electron chi connectivity index (χ4n) is 4.20. The first-order valence-corrected chi connectivity index (χ1v) is 11.6. The van der Waals surface area contributed by atoms with E-state index in [0.29, 0.717) is 31.4 Å². The Bertz CT molecular complexity index is 887. The van der Waals surface area contributed by atoms with Crippen molar-refractivity contribution in [3.05, 3.63) is 47.5 Å². The molecule has 0 bridgehead atoms. The molecule has 4 amide bonds. The van der Waals surface area contributed by atoms with Gasteiger partial charge in [0.2, 0.25) is 24.1 Å². The molecule has 34 heavy (non-hydrogen) atoms. The topological polar surface area (TPSA) is 119 Å². The highest BCUT2D eigenvalue weighted by Gasteiger charge is 2.36. The minimum Gasteiger partial charge on any atom is -0.394 e. The number of benzene rings is 1. The van der Waals surface area contributed by atoms with Crippen molar-refractivity contribution in [2.75, 3.05) is 26.7 Å². The third-order valence-corrected chi connectivity index (χ3v) is 6.14. The summed E-state index contributed by atoms with van der Waals surface area (Å²) >= 11 is 0. The molecule has 1 unspecified atom stereocenters. The first kappa shape index (κ1) is 27.0. The summed E-state index contributed by atoms with van der Waals surface area (Å²) < 4.78 is 0. The number of nitrogens with one attached hydrogen (secondary N) is 2. The molecule has 9 nitrogen and oxygen atoms in total. The number of likely N-dealkylation sites (tertiary alicyclic amines) is 1. The second-order valence-electron chi connectivity index (χ2n) is 8.90. The van der Waals surface area contributed by atoms with Crippen molar-refractivity contribution in [2.24, 2.45) is 5.92 Å². The summed E-state index contributed by atoms with van der Waals surface area (Å²) in [7, 11) is 1.64. The normalized spacial score (nSPS) is 17.8. The van der Waals surface area contributed by atoms with Gasteiger partial charge in [-0.25, -0.2) is 0 Å². The van der Waals surface area contributed by atoms with Gasteiger partial charge in [-0.15, -0.1) is 0 Å². The van der Waals surface area contributed by atoms with E-state index in [-0.39, 0.29) is 42.8 Å². The van der Waals surface area contributed by atoms with Crippen LogP contribution in [0.3, 0.4) is 0 Å². The van der Waals surface area contributed by atoms with Gasteiger partial charge in [0, 0.05) is 19.2 Å². The Balaban J connectivity index is 2.14. The maximum Gasteiger partial charge on any atom is 0.249 e. The summed E-state index contributed by atoms with van der Waals surface area (Å²) in [6.45, 7) is 5.67. The summed E-state index contributed by atoms with van der Waals surface area (Å²) in [5.74, 6) is -0.789. The molecule has 0 aliphatic carbocycles. The summed E-state index contributed by atoms with van der Waals surface area (Å²) in [5.41, 5.74) is 1.24. The third-order valence-electron chi connectivity index (χ3n) is 6.14. The van der Waals surface area contributed by atoms with Gasteiger partial charge in [-0.05, 0) is 31.2 Å². The van der Waals surface area contributed by atoms with Crippen molar-refractivity contribution in [3.8, 4) is 0 Å². The molecule has 1 aliphatic rings. The van der Waals surface area contributed by atoms with E-state index in [2.05, 4.69) is 10.6 Å². The fraction of sp³-hybridized carbons (Fsp3) is 0.520. The molecule has 3 N–H and O–H groups in total. The molecule has 0 aromatic heterocycles. The highest BCUT2D eigenvalue weighted by atomic mass is 16.3. The van der Waals surface area contributed by atoms with Crippen LogP contribution in [-0.4, -0.2) is 77.9 Å². The standard InChI is InChI=1S/C25H36N4O5/c1-17(2)22(28(4)23(32)14-26-16-31)13-18(3)25(34)29-12-8-11-21(29)24(33)27-20(15-30)19-9-6-5-7-10-19/h5-7,9-10,13,16-17,20-22,30H,8,11-12,14-15H2,1-4H3,(H,26,31)(H,27,33)/b18-13+/t20-,21+,22?/m1/s1. The van der Waals surface area contributed by atoms with Crippen molar-refractivity contribution in [2.45, 2.75) is 51.7 Å². The van der Waals surface area contributed by atoms with Crippen LogP contribution in [0, 0.1) is 5.92 Å². The molecule has 1 aromatic carbocycles. The van der Waals surface area contributed by atoms with E-state index >= 15 is 0 Å². The van der Waals surface area contributed by atoms with E-state index in [1.54, 1.807) is 24.9 Å². The molecule has 186 valence electrons. The molecule has 3 atom stereocenters.